The summed E-state index contributed by atoms with van der Waals surface area (Å²) in [6.45, 7) is 7.78. The van der Waals surface area contributed by atoms with E-state index in [1.807, 2.05) is 33.8 Å². The molecule has 0 aliphatic heterocycles. The molecule has 1 aromatic heterocycles. The van der Waals surface area contributed by atoms with E-state index in [1.54, 1.807) is 24.3 Å². The van der Waals surface area contributed by atoms with E-state index in [2.05, 4.69) is 25.3 Å². The number of benzene rings is 2. The van der Waals surface area contributed by atoms with E-state index in [4.69, 9.17) is 11.6 Å². The molecule has 1 heterocycles. The van der Waals surface area contributed by atoms with Gasteiger partial charge in [-0.05, 0) is 57.5 Å². The molecule has 2 N–H and O–H groups in total. The van der Waals surface area contributed by atoms with Crippen LogP contribution < -0.4 is 15.4 Å². The fraction of sp³-hybridized carbons (Fsp3) is 0.273. The predicted molar refractivity (Wildman–Crippen MR) is 117 cm³/mol. The van der Waals surface area contributed by atoms with Crippen LogP contribution in [0.25, 0.3) is 11.3 Å². The molecule has 3 rings (SSSR count). The highest BCUT2D eigenvalue weighted by atomic mass is 35.5. The molecule has 9 heteroatoms. The van der Waals surface area contributed by atoms with Crippen molar-refractivity contribution < 1.29 is 17.9 Å². The van der Waals surface area contributed by atoms with E-state index in [9.17, 15) is 13.2 Å². The second-order valence-corrected chi connectivity index (χ2v) is 8.43. The summed E-state index contributed by atoms with van der Waals surface area (Å²) in [6, 6.07) is 12.7. The monoisotopic (exact) mass is 450 g/mol. The number of nitrogens with zero attached hydrogens (tertiary/aromatic N) is 2. The van der Waals surface area contributed by atoms with Crippen LogP contribution in [0.3, 0.4) is 0 Å². The lowest BCUT2D eigenvalue weighted by Crippen LogP contribution is -2.27. The van der Waals surface area contributed by atoms with Gasteiger partial charge in [-0.15, -0.1) is 13.2 Å². The Kier molecular flexibility index (Phi) is 6.31. The molecule has 0 unspecified atom stereocenters. The van der Waals surface area contributed by atoms with Crippen molar-refractivity contribution in [2.75, 3.05) is 10.6 Å². The highest BCUT2D eigenvalue weighted by Crippen LogP contribution is 2.30. The fourth-order valence-corrected chi connectivity index (χ4v) is 2.94. The van der Waals surface area contributed by atoms with Gasteiger partial charge < -0.3 is 15.4 Å². The Hall–Kier alpha value is -3.00. The van der Waals surface area contributed by atoms with Crippen molar-refractivity contribution in [3.8, 4) is 17.0 Å². The molecule has 31 heavy (non-hydrogen) atoms. The van der Waals surface area contributed by atoms with Crippen molar-refractivity contribution in [3.05, 3.63) is 59.1 Å². The second-order valence-electron chi connectivity index (χ2n) is 8.00. The van der Waals surface area contributed by atoms with E-state index < -0.39 is 6.36 Å². The minimum Gasteiger partial charge on any atom is -0.406 e. The second kappa shape index (κ2) is 8.63. The molecule has 3 aromatic rings. The van der Waals surface area contributed by atoms with E-state index in [0.29, 0.717) is 28.0 Å². The first kappa shape index (κ1) is 22.7. The number of hydrogen-bond acceptors (Lipinski definition) is 5. The zero-order chi connectivity index (χ0) is 22.8. The van der Waals surface area contributed by atoms with Crippen molar-refractivity contribution in [1.82, 2.24) is 9.97 Å². The fourth-order valence-electron chi connectivity index (χ4n) is 2.77. The molecule has 5 nitrogen and oxygen atoms in total. The standard InChI is InChI=1S/C22H22ClF3N4O/c1-13-8-9-15(23)11-17(13)27-19-12-18(28-20(29-19)30-21(2,3)4)14-6-5-7-16(10-14)31-22(24,25)26/h5-12H,1-4H3,(H2,27,28,29,30). The van der Waals surface area contributed by atoms with Gasteiger partial charge in [-0.1, -0.05) is 29.8 Å². The van der Waals surface area contributed by atoms with E-state index in [-0.39, 0.29) is 11.3 Å². The zero-order valence-electron chi connectivity index (χ0n) is 17.4. The molecule has 0 spiro atoms. The largest absolute Gasteiger partial charge is 0.573 e. The van der Waals surface area contributed by atoms with Crippen LogP contribution in [0.15, 0.2) is 48.5 Å². The Morgan fingerprint density at radius 3 is 2.39 bits per heavy atom. The third-order valence-electron chi connectivity index (χ3n) is 4.04. The van der Waals surface area contributed by atoms with Crippen LogP contribution in [-0.4, -0.2) is 21.9 Å². The van der Waals surface area contributed by atoms with Crippen LogP contribution in [-0.2, 0) is 0 Å². The maximum Gasteiger partial charge on any atom is 0.573 e. The summed E-state index contributed by atoms with van der Waals surface area (Å²) in [4.78, 5) is 8.99. The van der Waals surface area contributed by atoms with Crippen LogP contribution in [0.5, 0.6) is 5.75 Å². The van der Waals surface area contributed by atoms with Gasteiger partial charge in [-0.25, -0.2) is 4.98 Å². The Morgan fingerprint density at radius 2 is 1.71 bits per heavy atom. The third-order valence-corrected chi connectivity index (χ3v) is 4.27. The first-order chi connectivity index (χ1) is 14.4. The lowest BCUT2D eigenvalue weighted by atomic mass is 10.1. The average molecular weight is 451 g/mol. The van der Waals surface area contributed by atoms with Gasteiger partial charge in [-0.3, -0.25) is 0 Å². The minimum absolute atomic E-state index is 0.325. The third kappa shape index (κ3) is 6.75. The molecule has 0 radical (unpaired) electrons. The Bertz CT molecular complexity index is 1080. The van der Waals surface area contributed by atoms with Crippen LogP contribution in [0, 0.1) is 6.92 Å². The van der Waals surface area contributed by atoms with E-state index in [0.717, 1.165) is 11.3 Å². The summed E-state index contributed by atoms with van der Waals surface area (Å²) < 4.78 is 41.9. The molecule has 0 saturated carbocycles. The van der Waals surface area contributed by atoms with Crippen molar-refractivity contribution in [2.24, 2.45) is 0 Å². The molecule has 0 aliphatic carbocycles. The van der Waals surface area contributed by atoms with Gasteiger partial charge in [0.1, 0.15) is 11.6 Å². The number of rotatable bonds is 5. The summed E-state index contributed by atoms with van der Waals surface area (Å²) in [5.74, 6) is 0.465. The SMILES string of the molecule is Cc1ccc(Cl)cc1Nc1cc(-c2cccc(OC(F)(F)F)c2)nc(NC(C)(C)C)n1. The van der Waals surface area contributed by atoms with Gasteiger partial charge in [0, 0.05) is 27.9 Å². The predicted octanol–water partition coefficient (Wildman–Crippen LogP) is 6.96. The van der Waals surface area contributed by atoms with Gasteiger partial charge in [0.05, 0.1) is 5.69 Å². The lowest BCUT2D eigenvalue weighted by Gasteiger charge is -2.21. The van der Waals surface area contributed by atoms with Crippen LogP contribution in [0.1, 0.15) is 26.3 Å². The van der Waals surface area contributed by atoms with Crippen molar-refractivity contribution in [2.45, 2.75) is 39.6 Å². The Morgan fingerprint density at radius 1 is 0.968 bits per heavy atom. The Labute approximate surface area is 183 Å². The maximum atomic E-state index is 12.6. The van der Waals surface area contributed by atoms with Gasteiger partial charge in [0.25, 0.3) is 0 Å². The highest BCUT2D eigenvalue weighted by molar-refractivity contribution is 6.30. The van der Waals surface area contributed by atoms with Gasteiger partial charge in [-0.2, -0.15) is 4.98 Å². The first-order valence-electron chi connectivity index (χ1n) is 9.45. The first-order valence-corrected chi connectivity index (χ1v) is 9.82. The van der Waals surface area contributed by atoms with Crippen LogP contribution >= 0.6 is 11.6 Å². The summed E-state index contributed by atoms with van der Waals surface area (Å²) in [5, 5.41) is 6.97. The summed E-state index contributed by atoms with van der Waals surface area (Å²) in [5.41, 5.74) is 2.26. The summed E-state index contributed by atoms with van der Waals surface area (Å²) in [6.07, 6.45) is -4.78. The molecular formula is C22H22ClF3N4O. The van der Waals surface area contributed by atoms with E-state index >= 15 is 0 Å². The minimum atomic E-state index is -4.78. The highest BCUT2D eigenvalue weighted by Gasteiger charge is 2.31. The molecule has 164 valence electrons. The number of ether oxygens (including phenoxy) is 1. The number of alkyl halides is 3. The summed E-state index contributed by atoms with van der Waals surface area (Å²) >= 11 is 6.11. The molecular weight excluding hydrogens is 429 g/mol. The number of halogens is 4. The number of nitrogens with one attached hydrogen (secondary N) is 2. The molecule has 0 atom stereocenters. The quantitative estimate of drug-likeness (QED) is 0.440. The van der Waals surface area contributed by atoms with Crippen molar-refractivity contribution in [1.29, 1.82) is 0 Å². The van der Waals surface area contributed by atoms with Crippen molar-refractivity contribution >= 4 is 29.1 Å². The maximum absolute atomic E-state index is 12.6. The van der Waals surface area contributed by atoms with Gasteiger partial charge in [0.15, 0.2) is 0 Å². The van der Waals surface area contributed by atoms with Gasteiger partial charge >= 0.3 is 6.36 Å². The lowest BCUT2D eigenvalue weighted by molar-refractivity contribution is -0.274. The molecule has 0 aliphatic rings. The van der Waals surface area contributed by atoms with Crippen LogP contribution in [0.2, 0.25) is 5.02 Å². The topological polar surface area (TPSA) is 59.1 Å². The molecule has 2 aromatic carbocycles. The molecule has 0 saturated heterocycles. The average Bonchev–Trinajstić information content (AvgIpc) is 2.62. The number of anilines is 3. The molecule has 0 amide bonds. The zero-order valence-corrected chi connectivity index (χ0v) is 18.2. The Balaban J connectivity index is 2.03. The van der Waals surface area contributed by atoms with Crippen molar-refractivity contribution in [3.63, 3.8) is 0 Å². The molecule has 0 bridgehead atoms. The van der Waals surface area contributed by atoms with Crippen LogP contribution in [0.4, 0.5) is 30.6 Å². The normalized spacial score (nSPS) is 11.9. The molecule has 0 fully saturated rings. The number of hydrogen-bond donors (Lipinski definition) is 2. The number of aromatic nitrogens is 2. The van der Waals surface area contributed by atoms with Gasteiger partial charge in [0.2, 0.25) is 5.95 Å². The number of aryl methyl sites for hydroxylation is 1. The summed E-state index contributed by atoms with van der Waals surface area (Å²) in [7, 11) is 0. The van der Waals surface area contributed by atoms with E-state index in [1.165, 1.54) is 18.2 Å². The smallest absolute Gasteiger partial charge is 0.406 e.